The average molecular weight is 272 g/mol. The van der Waals surface area contributed by atoms with Gasteiger partial charge in [-0.3, -0.25) is 9.80 Å². The fourth-order valence-electron chi connectivity index (χ4n) is 2.55. The van der Waals surface area contributed by atoms with Crippen molar-refractivity contribution in [3.63, 3.8) is 0 Å². The summed E-state index contributed by atoms with van der Waals surface area (Å²) < 4.78 is 0. The summed E-state index contributed by atoms with van der Waals surface area (Å²) in [6, 6.07) is 10.5. The minimum absolute atomic E-state index is 0.339. The lowest BCUT2D eigenvalue weighted by Gasteiger charge is -2.31. The number of nitriles is 1. The first-order valence-electron chi connectivity index (χ1n) is 7.34. The van der Waals surface area contributed by atoms with Crippen LogP contribution in [0.3, 0.4) is 0 Å². The van der Waals surface area contributed by atoms with E-state index in [4.69, 9.17) is 5.26 Å². The molecule has 20 heavy (non-hydrogen) atoms. The van der Waals surface area contributed by atoms with Crippen molar-refractivity contribution in [2.75, 3.05) is 46.3 Å². The Hall–Kier alpha value is -1.41. The van der Waals surface area contributed by atoms with Gasteiger partial charge in [-0.1, -0.05) is 12.1 Å². The van der Waals surface area contributed by atoms with Crippen LogP contribution in [0.25, 0.3) is 0 Å². The van der Waals surface area contributed by atoms with Crippen LogP contribution in [0.15, 0.2) is 24.3 Å². The van der Waals surface area contributed by atoms with E-state index in [9.17, 15) is 0 Å². The Morgan fingerprint density at radius 2 is 2.15 bits per heavy atom. The molecule has 108 valence electrons. The van der Waals surface area contributed by atoms with Gasteiger partial charge in [0.15, 0.2) is 0 Å². The average Bonchev–Trinajstić information content (AvgIpc) is 2.53. The lowest BCUT2D eigenvalue weighted by atomic mass is 10.0. The monoisotopic (exact) mass is 272 g/mol. The zero-order valence-electron chi connectivity index (χ0n) is 12.5. The van der Waals surface area contributed by atoms with Gasteiger partial charge in [-0.05, 0) is 31.7 Å². The highest BCUT2D eigenvalue weighted by molar-refractivity contribution is 5.34. The van der Waals surface area contributed by atoms with Crippen LogP contribution >= 0.6 is 0 Å². The normalized spacial score (nSPS) is 17.9. The highest BCUT2D eigenvalue weighted by Crippen LogP contribution is 2.19. The Kier molecular flexibility index (Phi) is 5.54. The van der Waals surface area contributed by atoms with Gasteiger partial charge in [-0.2, -0.15) is 5.26 Å². The lowest BCUT2D eigenvalue weighted by molar-refractivity contribution is 0.183. The summed E-state index contributed by atoms with van der Waals surface area (Å²) in [5, 5.41) is 12.4. The molecule has 1 unspecified atom stereocenters. The third-order valence-corrected chi connectivity index (χ3v) is 4.14. The number of benzene rings is 1. The summed E-state index contributed by atoms with van der Waals surface area (Å²) in [5.41, 5.74) is 1.96. The summed E-state index contributed by atoms with van der Waals surface area (Å²) in [4.78, 5) is 4.87. The van der Waals surface area contributed by atoms with Crippen molar-refractivity contribution in [3.05, 3.63) is 35.4 Å². The molecule has 0 aliphatic carbocycles. The second-order valence-corrected chi connectivity index (χ2v) is 5.49. The maximum Gasteiger partial charge on any atom is 0.0991 e. The Morgan fingerprint density at radius 1 is 1.40 bits per heavy atom. The van der Waals surface area contributed by atoms with Crippen LogP contribution in [0.1, 0.15) is 24.1 Å². The van der Waals surface area contributed by atoms with E-state index in [0.717, 1.165) is 44.8 Å². The molecule has 1 saturated heterocycles. The predicted molar refractivity (Wildman–Crippen MR) is 81.5 cm³/mol. The van der Waals surface area contributed by atoms with E-state index in [1.54, 1.807) is 0 Å². The van der Waals surface area contributed by atoms with Crippen LogP contribution in [0.5, 0.6) is 0 Å². The fraction of sp³-hybridized carbons (Fsp3) is 0.562. The van der Waals surface area contributed by atoms with E-state index in [0.29, 0.717) is 6.04 Å². The summed E-state index contributed by atoms with van der Waals surface area (Å²) in [7, 11) is 2.16. The van der Waals surface area contributed by atoms with Crippen LogP contribution in [-0.2, 0) is 0 Å². The summed E-state index contributed by atoms with van der Waals surface area (Å²) in [5.74, 6) is 0. The van der Waals surface area contributed by atoms with Gasteiger partial charge in [-0.25, -0.2) is 0 Å². The number of rotatable bonds is 5. The first-order chi connectivity index (χ1) is 9.70. The van der Waals surface area contributed by atoms with Gasteiger partial charge in [0.1, 0.15) is 0 Å². The highest BCUT2D eigenvalue weighted by atomic mass is 15.2. The van der Waals surface area contributed by atoms with Gasteiger partial charge < -0.3 is 5.32 Å². The predicted octanol–water partition coefficient (Wildman–Crippen LogP) is 1.46. The molecule has 0 saturated carbocycles. The fourth-order valence-corrected chi connectivity index (χ4v) is 2.55. The summed E-state index contributed by atoms with van der Waals surface area (Å²) >= 11 is 0. The van der Waals surface area contributed by atoms with Crippen molar-refractivity contribution in [1.82, 2.24) is 15.1 Å². The Morgan fingerprint density at radius 3 is 2.85 bits per heavy atom. The number of hydrogen-bond donors (Lipinski definition) is 1. The van der Waals surface area contributed by atoms with E-state index in [-0.39, 0.29) is 0 Å². The molecule has 1 aromatic carbocycles. The molecule has 0 spiro atoms. The van der Waals surface area contributed by atoms with E-state index in [2.05, 4.69) is 41.2 Å². The molecule has 2 rings (SSSR count). The SMILES string of the molecule is CC(c1cccc(C#N)c1)N(C)CCN1CCNCC1. The molecule has 1 fully saturated rings. The van der Waals surface area contributed by atoms with E-state index < -0.39 is 0 Å². The molecule has 0 radical (unpaired) electrons. The molecular weight excluding hydrogens is 248 g/mol. The Labute approximate surface area is 122 Å². The van der Waals surface area contributed by atoms with Crippen molar-refractivity contribution in [2.45, 2.75) is 13.0 Å². The number of piperazine rings is 1. The molecule has 1 atom stereocenters. The van der Waals surface area contributed by atoms with Gasteiger partial charge in [0.2, 0.25) is 0 Å². The zero-order valence-corrected chi connectivity index (χ0v) is 12.5. The summed E-state index contributed by atoms with van der Waals surface area (Å²) in [6.45, 7) is 8.86. The topological polar surface area (TPSA) is 42.3 Å². The molecular formula is C16H24N4. The maximum absolute atomic E-state index is 8.98. The van der Waals surface area contributed by atoms with Gasteiger partial charge in [0, 0.05) is 45.3 Å². The van der Waals surface area contributed by atoms with Crippen molar-refractivity contribution in [1.29, 1.82) is 5.26 Å². The summed E-state index contributed by atoms with van der Waals surface area (Å²) in [6.07, 6.45) is 0. The van der Waals surface area contributed by atoms with Crippen molar-refractivity contribution < 1.29 is 0 Å². The molecule has 4 nitrogen and oxygen atoms in total. The second kappa shape index (κ2) is 7.39. The van der Waals surface area contributed by atoms with Crippen LogP contribution in [0.2, 0.25) is 0 Å². The largest absolute Gasteiger partial charge is 0.314 e. The van der Waals surface area contributed by atoms with Crippen LogP contribution < -0.4 is 5.32 Å². The molecule has 1 heterocycles. The van der Waals surface area contributed by atoms with Gasteiger partial charge in [0.25, 0.3) is 0 Å². The van der Waals surface area contributed by atoms with E-state index in [1.165, 1.54) is 5.56 Å². The van der Waals surface area contributed by atoms with Crippen molar-refractivity contribution in [2.24, 2.45) is 0 Å². The van der Waals surface area contributed by atoms with Crippen LogP contribution in [0.4, 0.5) is 0 Å². The lowest BCUT2D eigenvalue weighted by Crippen LogP contribution is -2.46. The quantitative estimate of drug-likeness (QED) is 0.881. The molecule has 1 N–H and O–H groups in total. The third kappa shape index (κ3) is 4.04. The highest BCUT2D eigenvalue weighted by Gasteiger charge is 2.14. The molecule has 0 amide bonds. The molecule has 1 aliphatic rings. The van der Waals surface area contributed by atoms with Gasteiger partial charge in [0.05, 0.1) is 11.6 Å². The van der Waals surface area contributed by atoms with E-state index >= 15 is 0 Å². The molecule has 1 aliphatic heterocycles. The molecule has 0 aromatic heterocycles. The standard InChI is InChI=1S/C16H24N4/c1-14(16-5-3-4-15(12-16)13-17)19(2)10-11-20-8-6-18-7-9-20/h3-5,12,14,18H,6-11H2,1-2H3. The van der Waals surface area contributed by atoms with E-state index in [1.807, 2.05) is 18.2 Å². The smallest absolute Gasteiger partial charge is 0.0991 e. The van der Waals surface area contributed by atoms with Crippen LogP contribution in [0, 0.1) is 11.3 Å². The number of hydrogen-bond acceptors (Lipinski definition) is 4. The Bertz CT molecular complexity index is 460. The molecule has 0 bridgehead atoms. The number of nitrogens with one attached hydrogen (secondary N) is 1. The third-order valence-electron chi connectivity index (χ3n) is 4.14. The Balaban J connectivity index is 1.87. The zero-order chi connectivity index (χ0) is 14.4. The maximum atomic E-state index is 8.98. The minimum Gasteiger partial charge on any atom is -0.314 e. The van der Waals surface area contributed by atoms with Crippen molar-refractivity contribution in [3.8, 4) is 6.07 Å². The molecule has 4 heteroatoms. The first kappa shape index (κ1) is 15.0. The van der Waals surface area contributed by atoms with Gasteiger partial charge in [-0.15, -0.1) is 0 Å². The van der Waals surface area contributed by atoms with Crippen LogP contribution in [-0.4, -0.2) is 56.1 Å². The molecule has 1 aromatic rings. The second-order valence-electron chi connectivity index (χ2n) is 5.49. The van der Waals surface area contributed by atoms with Gasteiger partial charge >= 0.3 is 0 Å². The van der Waals surface area contributed by atoms with Crippen molar-refractivity contribution >= 4 is 0 Å². The number of nitrogens with zero attached hydrogens (tertiary/aromatic N) is 3. The first-order valence-corrected chi connectivity index (χ1v) is 7.34. The minimum atomic E-state index is 0.339. The number of likely N-dealkylation sites (N-methyl/N-ethyl adjacent to an activating group) is 1.